The van der Waals surface area contributed by atoms with Crippen LogP contribution in [0.15, 0.2) is 41.1 Å². The lowest BCUT2D eigenvalue weighted by molar-refractivity contribution is -0.120. The number of carbonyl (C=O) groups excluding carboxylic acids is 2. The van der Waals surface area contributed by atoms with Gasteiger partial charge >= 0.3 is 0 Å². The molecule has 1 aliphatic heterocycles. The molecule has 0 aliphatic carbocycles. The molecule has 7 heteroatoms. The second-order valence-corrected chi connectivity index (χ2v) is 7.14. The van der Waals surface area contributed by atoms with Gasteiger partial charge in [-0.2, -0.15) is 0 Å². The SMILES string of the molecule is COc1cc(Cl)c(C)cc1N1C(=O)C(Cl)=C(Nc2cc(C)ccc2C)C1=O. The van der Waals surface area contributed by atoms with E-state index >= 15 is 0 Å². The lowest BCUT2D eigenvalue weighted by Crippen LogP contribution is -2.32. The molecule has 1 aliphatic rings. The zero-order valence-corrected chi connectivity index (χ0v) is 16.8. The molecule has 0 spiro atoms. The summed E-state index contributed by atoms with van der Waals surface area (Å²) in [6.07, 6.45) is 0. The number of amides is 2. The largest absolute Gasteiger partial charge is 0.494 e. The van der Waals surface area contributed by atoms with Gasteiger partial charge in [0.05, 0.1) is 12.8 Å². The molecule has 0 fully saturated rings. The number of ether oxygens (including phenoxy) is 1. The quantitative estimate of drug-likeness (QED) is 0.749. The number of rotatable bonds is 4. The molecule has 0 saturated carbocycles. The molecule has 5 nitrogen and oxygen atoms in total. The fourth-order valence-electron chi connectivity index (χ4n) is 2.82. The van der Waals surface area contributed by atoms with Crippen LogP contribution >= 0.6 is 23.2 Å². The van der Waals surface area contributed by atoms with Gasteiger partial charge in [0.2, 0.25) is 0 Å². The molecular weight excluding hydrogens is 387 g/mol. The summed E-state index contributed by atoms with van der Waals surface area (Å²) in [6, 6.07) is 8.97. The number of hydrogen-bond donors (Lipinski definition) is 1. The number of nitrogens with zero attached hydrogens (tertiary/aromatic N) is 1. The molecule has 27 heavy (non-hydrogen) atoms. The number of halogens is 2. The summed E-state index contributed by atoms with van der Waals surface area (Å²) in [5.41, 5.74) is 3.69. The average molecular weight is 405 g/mol. The van der Waals surface area contributed by atoms with Gasteiger partial charge in [0.15, 0.2) is 0 Å². The van der Waals surface area contributed by atoms with Crippen molar-refractivity contribution in [3.8, 4) is 5.75 Å². The smallest absolute Gasteiger partial charge is 0.283 e. The molecular formula is C20H18Cl2N2O3. The Hall–Kier alpha value is -2.50. The van der Waals surface area contributed by atoms with Crippen LogP contribution in [0.2, 0.25) is 5.02 Å². The highest BCUT2D eigenvalue weighted by molar-refractivity contribution is 6.53. The Labute approximate surface area is 167 Å². The summed E-state index contributed by atoms with van der Waals surface area (Å²) in [7, 11) is 1.44. The minimum absolute atomic E-state index is 0.0324. The molecule has 140 valence electrons. The van der Waals surface area contributed by atoms with Gasteiger partial charge in [-0.3, -0.25) is 9.59 Å². The topological polar surface area (TPSA) is 58.6 Å². The summed E-state index contributed by atoms with van der Waals surface area (Å²) in [4.78, 5) is 26.7. The van der Waals surface area contributed by atoms with Gasteiger partial charge in [-0.05, 0) is 49.6 Å². The predicted octanol–water partition coefficient (Wildman–Crippen LogP) is 4.71. The Bertz CT molecular complexity index is 999. The lowest BCUT2D eigenvalue weighted by Gasteiger charge is -2.19. The van der Waals surface area contributed by atoms with E-state index in [0.29, 0.717) is 27.7 Å². The Balaban J connectivity index is 2.02. The van der Waals surface area contributed by atoms with Gasteiger partial charge in [-0.15, -0.1) is 0 Å². The van der Waals surface area contributed by atoms with E-state index in [1.54, 1.807) is 19.1 Å². The average Bonchev–Trinajstić information content (AvgIpc) is 2.83. The van der Waals surface area contributed by atoms with Crippen molar-refractivity contribution in [3.05, 3.63) is 62.8 Å². The number of aryl methyl sites for hydroxylation is 3. The highest BCUT2D eigenvalue weighted by Gasteiger charge is 2.40. The highest BCUT2D eigenvalue weighted by atomic mass is 35.5. The van der Waals surface area contributed by atoms with Gasteiger partial charge < -0.3 is 10.1 Å². The Morgan fingerprint density at radius 3 is 2.33 bits per heavy atom. The van der Waals surface area contributed by atoms with Crippen LogP contribution in [-0.2, 0) is 9.59 Å². The van der Waals surface area contributed by atoms with Crippen LogP contribution in [0.25, 0.3) is 0 Å². The summed E-state index contributed by atoms with van der Waals surface area (Å²) >= 11 is 12.3. The lowest BCUT2D eigenvalue weighted by atomic mass is 10.1. The molecule has 0 aromatic heterocycles. The van der Waals surface area contributed by atoms with Gasteiger partial charge in [-0.25, -0.2) is 4.90 Å². The maximum atomic E-state index is 13.0. The van der Waals surface area contributed by atoms with E-state index in [0.717, 1.165) is 16.0 Å². The van der Waals surface area contributed by atoms with Crippen LogP contribution in [0.3, 0.4) is 0 Å². The third kappa shape index (κ3) is 3.40. The molecule has 0 saturated heterocycles. The van der Waals surface area contributed by atoms with Gasteiger partial charge in [0.1, 0.15) is 16.5 Å². The van der Waals surface area contributed by atoms with Crippen molar-refractivity contribution < 1.29 is 14.3 Å². The molecule has 0 atom stereocenters. The summed E-state index contributed by atoms with van der Waals surface area (Å²) in [5, 5.41) is 3.32. The summed E-state index contributed by atoms with van der Waals surface area (Å²) < 4.78 is 5.30. The van der Waals surface area contributed by atoms with Crippen LogP contribution in [0.5, 0.6) is 5.75 Å². The van der Waals surface area contributed by atoms with E-state index in [9.17, 15) is 9.59 Å². The first kappa shape index (κ1) is 19.3. The number of benzene rings is 2. The third-order valence-corrected chi connectivity index (χ3v) is 5.14. The van der Waals surface area contributed by atoms with Crippen molar-refractivity contribution in [1.29, 1.82) is 0 Å². The van der Waals surface area contributed by atoms with Crippen LogP contribution in [0, 0.1) is 20.8 Å². The zero-order valence-electron chi connectivity index (χ0n) is 15.3. The van der Waals surface area contributed by atoms with Crippen LogP contribution in [-0.4, -0.2) is 18.9 Å². The van der Waals surface area contributed by atoms with Crippen molar-refractivity contribution in [1.82, 2.24) is 0 Å². The standard InChI is InChI=1S/C20H18Cl2N2O3/c1-10-5-6-11(2)14(7-10)23-18-17(22)19(25)24(20(18)26)15-8-12(3)13(21)9-16(15)27-4/h5-9,23H,1-4H3. The van der Waals surface area contributed by atoms with Crippen LogP contribution < -0.4 is 15.0 Å². The van der Waals surface area contributed by atoms with E-state index in [4.69, 9.17) is 27.9 Å². The van der Waals surface area contributed by atoms with Crippen molar-refractivity contribution in [3.63, 3.8) is 0 Å². The normalized spacial score (nSPS) is 14.2. The minimum Gasteiger partial charge on any atom is -0.494 e. The third-order valence-electron chi connectivity index (χ3n) is 4.38. The zero-order chi connectivity index (χ0) is 19.9. The first-order valence-corrected chi connectivity index (χ1v) is 8.97. The first-order valence-electron chi connectivity index (χ1n) is 8.21. The van der Waals surface area contributed by atoms with Gasteiger partial charge in [0.25, 0.3) is 11.8 Å². The number of imide groups is 1. The molecule has 2 aromatic rings. The number of methoxy groups -OCH3 is 1. The van der Waals surface area contributed by atoms with E-state index in [1.807, 2.05) is 32.0 Å². The predicted molar refractivity (Wildman–Crippen MR) is 108 cm³/mol. The molecule has 0 radical (unpaired) electrons. The maximum absolute atomic E-state index is 13.0. The summed E-state index contributed by atoms with van der Waals surface area (Å²) in [6.45, 7) is 5.62. The van der Waals surface area contributed by atoms with E-state index in [2.05, 4.69) is 5.32 Å². The second-order valence-electron chi connectivity index (χ2n) is 6.35. The van der Waals surface area contributed by atoms with Gasteiger partial charge in [-0.1, -0.05) is 35.3 Å². The molecule has 1 N–H and O–H groups in total. The molecule has 2 aromatic carbocycles. The monoisotopic (exact) mass is 404 g/mol. The molecule has 0 bridgehead atoms. The van der Waals surface area contributed by atoms with Crippen molar-refractivity contribution in [2.45, 2.75) is 20.8 Å². The fraction of sp³-hybridized carbons (Fsp3) is 0.200. The number of hydrogen-bond acceptors (Lipinski definition) is 4. The summed E-state index contributed by atoms with van der Waals surface area (Å²) in [5.74, 6) is -0.856. The second kappa shape index (κ2) is 7.25. The van der Waals surface area contributed by atoms with E-state index < -0.39 is 11.8 Å². The van der Waals surface area contributed by atoms with E-state index in [-0.39, 0.29) is 10.7 Å². The fourth-order valence-corrected chi connectivity index (χ4v) is 3.19. The van der Waals surface area contributed by atoms with Crippen molar-refractivity contribution >= 4 is 46.4 Å². The molecule has 0 unspecified atom stereocenters. The Morgan fingerprint density at radius 1 is 0.963 bits per heavy atom. The molecule has 3 rings (SSSR count). The number of anilines is 2. The Kier molecular flexibility index (Phi) is 5.18. The van der Waals surface area contributed by atoms with Gasteiger partial charge in [0, 0.05) is 16.8 Å². The number of carbonyl (C=O) groups is 2. The first-order chi connectivity index (χ1) is 12.7. The van der Waals surface area contributed by atoms with Crippen LogP contribution in [0.1, 0.15) is 16.7 Å². The van der Waals surface area contributed by atoms with Crippen molar-refractivity contribution in [2.24, 2.45) is 0 Å². The maximum Gasteiger partial charge on any atom is 0.283 e. The molecule has 1 heterocycles. The Morgan fingerprint density at radius 2 is 1.67 bits per heavy atom. The van der Waals surface area contributed by atoms with Crippen molar-refractivity contribution in [2.75, 3.05) is 17.3 Å². The molecule has 2 amide bonds. The van der Waals surface area contributed by atoms with Crippen LogP contribution in [0.4, 0.5) is 11.4 Å². The highest BCUT2D eigenvalue weighted by Crippen LogP contribution is 2.38. The van der Waals surface area contributed by atoms with E-state index in [1.165, 1.54) is 7.11 Å². The minimum atomic E-state index is -0.616. The number of nitrogens with one attached hydrogen (secondary N) is 1.